The average molecular weight is 366 g/mol. The molecule has 0 heterocycles. The van der Waals surface area contributed by atoms with Crippen molar-refractivity contribution in [2.75, 3.05) is 6.54 Å². The molecule has 3 N–H and O–H groups in total. The molecule has 2 rings (SSSR count). The molecule has 5 nitrogen and oxygen atoms in total. The van der Waals surface area contributed by atoms with Crippen LogP contribution in [-0.2, 0) is 4.79 Å². The van der Waals surface area contributed by atoms with E-state index in [1.807, 2.05) is 31.2 Å². The summed E-state index contributed by atoms with van der Waals surface area (Å²) in [4.78, 5) is 23.8. The molecule has 1 aliphatic rings. The van der Waals surface area contributed by atoms with Crippen LogP contribution >= 0.6 is 11.6 Å². The Morgan fingerprint density at radius 3 is 2.52 bits per heavy atom. The second kappa shape index (κ2) is 10.3. The van der Waals surface area contributed by atoms with Crippen LogP contribution in [0.15, 0.2) is 24.3 Å². The van der Waals surface area contributed by atoms with Gasteiger partial charge in [-0.15, -0.1) is 0 Å². The first-order valence-electron chi connectivity index (χ1n) is 9.14. The Bertz CT molecular complexity index is 556. The van der Waals surface area contributed by atoms with Gasteiger partial charge < -0.3 is 16.0 Å². The highest BCUT2D eigenvalue weighted by Gasteiger charge is 2.15. The van der Waals surface area contributed by atoms with Crippen molar-refractivity contribution in [3.05, 3.63) is 34.9 Å². The highest BCUT2D eigenvalue weighted by atomic mass is 35.5. The second-order valence-corrected chi connectivity index (χ2v) is 7.12. The molecule has 0 saturated heterocycles. The molecule has 138 valence electrons. The number of hydrogen-bond acceptors (Lipinski definition) is 2. The molecular weight excluding hydrogens is 338 g/mol. The van der Waals surface area contributed by atoms with Gasteiger partial charge in [-0.3, -0.25) is 4.79 Å². The highest BCUT2D eigenvalue weighted by molar-refractivity contribution is 6.30. The standard InChI is InChI=1S/C19H28ClN3O2/c1-14(15-9-11-16(20)12-10-15)22-18(24)8-5-13-21-19(25)23-17-6-3-2-4-7-17/h9-12,14,17H,2-8,13H2,1H3,(H,22,24)(H2,21,23,25). The van der Waals surface area contributed by atoms with Crippen LogP contribution in [0.4, 0.5) is 4.79 Å². The summed E-state index contributed by atoms with van der Waals surface area (Å²) in [6.07, 6.45) is 6.80. The maximum Gasteiger partial charge on any atom is 0.315 e. The maximum atomic E-state index is 12.0. The minimum Gasteiger partial charge on any atom is -0.350 e. The van der Waals surface area contributed by atoms with Crippen LogP contribution in [0.1, 0.15) is 63.5 Å². The zero-order valence-electron chi connectivity index (χ0n) is 14.8. The lowest BCUT2D eigenvalue weighted by Gasteiger charge is -2.22. The van der Waals surface area contributed by atoms with Crippen LogP contribution < -0.4 is 16.0 Å². The van der Waals surface area contributed by atoms with Crippen molar-refractivity contribution in [3.8, 4) is 0 Å². The van der Waals surface area contributed by atoms with Crippen molar-refractivity contribution in [2.45, 2.75) is 64.0 Å². The van der Waals surface area contributed by atoms with Gasteiger partial charge in [0.1, 0.15) is 0 Å². The fraction of sp³-hybridized carbons (Fsp3) is 0.579. The zero-order chi connectivity index (χ0) is 18.1. The van der Waals surface area contributed by atoms with Crippen LogP contribution in [0.2, 0.25) is 5.02 Å². The van der Waals surface area contributed by atoms with E-state index in [-0.39, 0.29) is 18.0 Å². The summed E-state index contributed by atoms with van der Waals surface area (Å²) in [6.45, 7) is 2.44. The topological polar surface area (TPSA) is 70.2 Å². The van der Waals surface area contributed by atoms with Gasteiger partial charge in [-0.25, -0.2) is 4.79 Å². The number of hydrogen-bond donors (Lipinski definition) is 3. The third kappa shape index (κ3) is 7.34. The van der Waals surface area contributed by atoms with Gasteiger partial charge in [0.2, 0.25) is 5.91 Å². The smallest absolute Gasteiger partial charge is 0.315 e. The van der Waals surface area contributed by atoms with Crippen molar-refractivity contribution < 1.29 is 9.59 Å². The molecule has 6 heteroatoms. The predicted octanol–water partition coefficient (Wildman–Crippen LogP) is 3.93. The van der Waals surface area contributed by atoms with E-state index in [1.54, 1.807) is 0 Å². The minimum absolute atomic E-state index is 0.0167. The first kappa shape index (κ1) is 19.6. The molecule has 1 aromatic rings. The summed E-state index contributed by atoms with van der Waals surface area (Å²) in [5, 5.41) is 9.48. The van der Waals surface area contributed by atoms with Gasteiger partial charge in [-0.05, 0) is 43.9 Å². The second-order valence-electron chi connectivity index (χ2n) is 6.68. The van der Waals surface area contributed by atoms with Gasteiger partial charge in [0.25, 0.3) is 0 Å². The van der Waals surface area contributed by atoms with E-state index in [1.165, 1.54) is 19.3 Å². The summed E-state index contributed by atoms with van der Waals surface area (Å²) in [5.41, 5.74) is 1.02. The summed E-state index contributed by atoms with van der Waals surface area (Å²) >= 11 is 5.87. The molecular formula is C19H28ClN3O2. The van der Waals surface area contributed by atoms with Gasteiger partial charge in [-0.1, -0.05) is 43.0 Å². The van der Waals surface area contributed by atoms with E-state index in [0.29, 0.717) is 30.5 Å². The number of carbonyl (C=O) groups excluding carboxylic acids is 2. The van der Waals surface area contributed by atoms with Gasteiger partial charge in [0.05, 0.1) is 6.04 Å². The van der Waals surface area contributed by atoms with Crippen LogP contribution in [0.25, 0.3) is 0 Å². The van der Waals surface area contributed by atoms with Crippen molar-refractivity contribution in [1.82, 2.24) is 16.0 Å². The summed E-state index contributed by atoms with van der Waals surface area (Å²) in [6, 6.07) is 7.56. The first-order valence-corrected chi connectivity index (χ1v) is 9.51. The lowest BCUT2D eigenvalue weighted by atomic mass is 9.96. The molecule has 0 aromatic heterocycles. The van der Waals surface area contributed by atoms with Crippen molar-refractivity contribution in [1.29, 1.82) is 0 Å². The Morgan fingerprint density at radius 2 is 1.84 bits per heavy atom. The maximum absolute atomic E-state index is 12.0. The van der Waals surface area contributed by atoms with E-state index in [2.05, 4.69) is 16.0 Å². The molecule has 25 heavy (non-hydrogen) atoms. The number of carbonyl (C=O) groups is 2. The molecule has 1 saturated carbocycles. The Hall–Kier alpha value is -1.75. The third-order valence-corrected chi connectivity index (χ3v) is 4.81. The van der Waals surface area contributed by atoms with E-state index < -0.39 is 0 Å². The monoisotopic (exact) mass is 365 g/mol. The lowest BCUT2D eigenvalue weighted by Crippen LogP contribution is -2.43. The molecule has 1 unspecified atom stereocenters. The van der Waals surface area contributed by atoms with E-state index >= 15 is 0 Å². The third-order valence-electron chi connectivity index (χ3n) is 4.55. The lowest BCUT2D eigenvalue weighted by molar-refractivity contribution is -0.121. The van der Waals surface area contributed by atoms with Gasteiger partial charge in [-0.2, -0.15) is 0 Å². The van der Waals surface area contributed by atoms with E-state index in [9.17, 15) is 9.59 Å². The fourth-order valence-corrected chi connectivity index (χ4v) is 3.21. The summed E-state index contributed by atoms with van der Waals surface area (Å²) in [5.74, 6) is -0.0167. The first-order chi connectivity index (χ1) is 12.0. The number of amides is 3. The highest BCUT2D eigenvalue weighted by Crippen LogP contribution is 2.17. The number of rotatable bonds is 7. The van der Waals surface area contributed by atoms with Gasteiger partial charge >= 0.3 is 6.03 Å². The Labute approximate surface area is 154 Å². The molecule has 1 aliphatic carbocycles. The normalized spacial score (nSPS) is 16.1. The molecule has 0 spiro atoms. The van der Waals surface area contributed by atoms with Crippen LogP contribution in [0.5, 0.6) is 0 Å². The minimum atomic E-state index is -0.123. The van der Waals surface area contributed by atoms with Gasteiger partial charge in [0, 0.05) is 24.0 Å². The number of nitrogens with one attached hydrogen (secondary N) is 3. The molecule has 1 aromatic carbocycles. The van der Waals surface area contributed by atoms with Crippen LogP contribution in [0, 0.1) is 0 Å². The van der Waals surface area contributed by atoms with Crippen molar-refractivity contribution in [2.24, 2.45) is 0 Å². The van der Waals surface area contributed by atoms with Gasteiger partial charge in [0.15, 0.2) is 0 Å². The average Bonchev–Trinajstić information content (AvgIpc) is 2.60. The quantitative estimate of drug-likeness (QED) is 0.641. The fourth-order valence-electron chi connectivity index (χ4n) is 3.08. The predicted molar refractivity (Wildman–Crippen MR) is 101 cm³/mol. The summed E-state index contributed by atoms with van der Waals surface area (Å²) in [7, 11) is 0. The van der Waals surface area contributed by atoms with Crippen LogP contribution in [-0.4, -0.2) is 24.5 Å². The summed E-state index contributed by atoms with van der Waals surface area (Å²) < 4.78 is 0. The Morgan fingerprint density at radius 1 is 1.16 bits per heavy atom. The Kier molecular flexibility index (Phi) is 8.06. The zero-order valence-corrected chi connectivity index (χ0v) is 15.6. The number of benzene rings is 1. The van der Waals surface area contributed by atoms with Crippen molar-refractivity contribution >= 4 is 23.5 Å². The molecule has 1 fully saturated rings. The molecule has 0 radical (unpaired) electrons. The molecule has 0 aliphatic heterocycles. The van der Waals surface area contributed by atoms with Crippen LogP contribution in [0.3, 0.4) is 0 Å². The largest absolute Gasteiger partial charge is 0.350 e. The number of urea groups is 1. The molecule has 3 amide bonds. The SMILES string of the molecule is CC(NC(=O)CCCNC(=O)NC1CCCCC1)c1ccc(Cl)cc1. The van der Waals surface area contributed by atoms with E-state index in [0.717, 1.165) is 18.4 Å². The Balaban J connectivity index is 1.58. The molecule has 0 bridgehead atoms. The van der Waals surface area contributed by atoms with Crippen molar-refractivity contribution in [3.63, 3.8) is 0 Å². The molecule has 1 atom stereocenters. The van der Waals surface area contributed by atoms with E-state index in [4.69, 9.17) is 11.6 Å². The number of halogens is 1.